The number of methoxy groups -OCH3 is 2. The van der Waals surface area contributed by atoms with Gasteiger partial charge in [0.15, 0.2) is 5.82 Å². The Morgan fingerprint density at radius 2 is 1.58 bits per heavy atom. The number of hydrogen-bond acceptors (Lipinski definition) is 7. The van der Waals surface area contributed by atoms with Gasteiger partial charge in [0.05, 0.1) is 19.9 Å². The van der Waals surface area contributed by atoms with E-state index in [2.05, 4.69) is 15.1 Å². The van der Waals surface area contributed by atoms with Crippen LogP contribution >= 0.6 is 0 Å². The highest BCUT2D eigenvalue weighted by Crippen LogP contribution is 2.32. The van der Waals surface area contributed by atoms with Crippen LogP contribution in [0.5, 0.6) is 11.5 Å². The molecule has 9 heteroatoms. The summed E-state index contributed by atoms with van der Waals surface area (Å²) in [5.41, 5.74) is 4.18. The third-order valence-electron chi connectivity index (χ3n) is 7.79. The molecule has 3 aromatic carbocycles. The van der Waals surface area contributed by atoms with Crippen LogP contribution in [0.3, 0.4) is 0 Å². The Bertz CT molecular complexity index is 1540. The molecule has 0 atom stereocenters. The molecule has 43 heavy (non-hydrogen) atoms. The van der Waals surface area contributed by atoms with Crippen molar-refractivity contribution in [3.8, 4) is 22.8 Å². The Morgan fingerprint density at radius 1 is 0.837 bits per heavy atom. The lowest BCUT2D eigenvalue weighted by molar-refractivity contribution is -0.132. The van der Waals surface area contributed by atoms with Crippen LogP contribution in [0, 0.1) is 6.92 Å². The molecule has 9 nitrogen and oxygen atoms in total. The monoisotopic (exact) mass is 579 g/mol. The van der Waals surface area contributed by atoms with Gasteiger partial charge in [-0.25, -0.2) is 0 Å². The molecule has 0 spiro atoms. The van der Waals surface area contributed by atoms with Crippen LogP contribution in [0.15, 0.2) is 84.9 Å². The Kier molecular flexibility index (Phi) is 9.51. The van der Waals surface area contributed by atoms with Gasteiger partial charge in [-0.1, -0.05) is 48.5 Å². The molecule has 1 saturated heterocycles. The van der Waals surface area contributed by atoms with E-state index in [4.69, 9.17) is 9.47 Å². The Morgan fingerprint density at radius 3 is 2.26 bits per heavy atom. The SMILES string of the molecule is COc1ccc(-c2ccc(N3CCN(C(=O)CN(CCc4ccccc4)C(=O)c4ccccc4C)CC3)nn2)c(OC)c1. The maximum absolute atomic E-state index is 13.6. The fourth-order valence-electron chi connectivity index (χ4n) is 5.24. The fourth-order valence-corrected chi connectivity index (χ4v) is 5.24. The zero-order valence-electron chi connectivity index (χ0n) is 24.9. The van der Waals surface area contributed by atoms with Crippen molar-refractivity contribution >= 4 is 17.6 Å². The molecule has 1 aromatic heterocycles. The van der Waals surface area contributed by atoms with Gasteiger partial charge in [0.1, 0.15) is 18.0 Å². The van der Waals surface area contributed by atoms with Gasteiger partial charge in [-0.05, 0) is 54.8 Å². The highest BCUT2D eigenvalue weighted by atomic mass is 16.5. The maximum atomic E-state index is 13.6. The first kappa shape index (κ1) is 29.6. The van der Waals surface area contributed by atoms with Gasteiger partial charge in [0.25, 0.3) is 5.91 Å². The summed E-state index contributed by atoms with van der Waals surface area (Å²) in [6.45, 7) is 4.76. The molecular formula is C34H37N5O4. The van der Waals surface area contributed by atoms with E-state index >= 15 is 0 Å². The topological polar surface area (TPSA) is 88.1 Å². The Labute approximate surface area is 252 Å². The number of amides is 2. The van der Waals surface area contributed by atoms with Crippen molar-refractivity contribution < 1.29 is 19.1 Å². The fraction of sp³-hybridized carbons (Fsp3) is 0.294. The van der Waals surface area contributed by atoms with E-state index in [0.717, 1.165) is 22.5 Å². The van der Waals surface area contributed by atoms with Crippen LogP contribution in [0.1, 0.15) is 21.5 Å². The van der Waals surface area contributed by atoms with Crippen LogP contribution in [0.25, 0.3) is 11.3 Å². The molecule has 5 rings (SSSR count). The summed E-state index contributed by atoms with van der Waals surface area (Å²) in [6.07, 6.45) is 0.677. The van der Waals surface area contributed by atoms with E-state index in [9.17, 15) is 9.59 Å². The van der Waals surface area contributed by atoms with Crippen molar-refractivity contribution in [2.75, 3.05) is 58.4 Å². The highest BCUT2D eigenvalue weighted by Gasteiger charge is 2.26. The zero-order chi connectivity index (χ0) is 30.2. The number of carbonyl (C=O) groups excluding carboxylic acids is 2. The van der Waals surface area contributed by atoms with Gasteiger partial charge >= 0.3 is 0 Å². The number of rotatable bonds is 10. The van der Waals surface area contributed by atoms with E-state index in [1.807, 2.05) is 96.8 Å². The number of hydrogen-bond donors (Lipinski definition) is 0. The molecule has 0 N–H and O–H groups in total. The lowest BCUT2D eigenvalue weighted by Gasteiger charge is -2.36. The number of anilines is 1. The number of nitrogens with zero attached hydrogens (tertiary/aromatic N) is 5. The second-order valence-electron chi connectivity index (χ2n) is 10.5. The second kappa shape index (κ2) is 13.8. The lowest BCUT2D eigenvalue weighted by atomic mass is 10.1. The van der Waals surface area contributed by atoms with Crippen molar-refractivity contribution in [2.45, 2.75) is 13.3 Å². The predicted octanol–water partition coefficient (Wildman–Crippen LogP) is 4.50. The molecule has 1 fully saturated rings. The van der Waals surface area contributed by atoms with E-state index in [-0.39, 0.29) is 18.4 Å². The van der Waals surface area contributed by atoms with Gasteiger partial charge < -0.3 is 24.2 Å². The summed E-state index contributed by atoms with van der Waals surface area (Å²) in [6, 6.07) is 27.0. The van der Waals surface area contributed by atoms with E-state index in [1.165, 1.54) is 0 Å². The summed E-state index contributed by atoms with van der Waals surface area (Å²) in [7, 11) is 3.23. The molecule has 2 heterocycles. The molecule has 0 radical (unpaired) electrons. The van der Waals surface area contributed by atoms with Crippen molar-refractivity contribution in [3.63, 3.8) is 0 Å². The molecular weight excluding hydrogens is 542 g/mol. The third kappa shape index (κ3) is 7.12. The first-order valence-corrected chi connectivity index (χ1v) is 14.4. The number of aryl methyl sites for hydroxylation is 1. The predicted molar refractivity (Wildman–Crippen MR) is 167 cm³/mol. The van der Waals surface area contributed by atoms with Crippen LogP contribution in [0.2, 0.25) is 0 Å². The van der Waals surface area contributed by atoms with Gasteiger partial charge in [0, 0.05) is 49.9 Å². The Hall–Kier alpha value is -4.92. The molecule has 2 amide bonds. The number of carbonyl (C=O) groups is 2. The summed E-state index contributed by atoms with van der Waals surface area (Å²) in [4.78, 5) is 32.7. The Balaban J connectivity index is 1.21. The van der Waals surface area contributed by atoms with Gasteiger partial charge in [-0.3, -0.25) is 9.59 Å². The molecule has 0 unspecified atom stereocenters. The summed E-state index contributed by atoms with van der Waals surface area (Å²) < 4.78 is 10.8. The van der Waals surface area contributed by atoms with Gasteiger partial charge in [-0.2, -0.15) is 0 Å². The van der Waals surface area contributed by atoms with Crippen LogP contribution in [0.4, 0.5) is 5.82 Å². The largest absolute Gasteiger partial charge is 0.497 e. The minimum Gasteiger partial charge on any atom is -0.497 e. The molecule has 0 saturated carbocycles. The summed E-state index contributed by atoms with van der Waals surface area (Å²) in [5.74, 6) is 1.94. The minimum atomic E-state index is -0.120. The van der Waals surface area contributed by atoms with Crippen molar-refractivity contribution in [2.24, 2.45) is 0 Å². The molecule has 0 aliphatic carbocycles. The molecule has 222 valence electrons. The third-order valence-corrected chi connectivity index (χ3v) is 7.79. The standard InChI is InChI=1S/C34H37N5O4/c1-25-9-7-8-12-28(25)34(41)39(18-17-26-10-5-4-6-11-26)24-33(40)38-21-19-37(20-22-38)32-16-15-30(35-36-32)29-14-13-27(42-2)23-31(29)43-3/h4-16,23H,17-22,24H2,1-3H3. The van der Waals surface area contributed by atoms with Crippen molar-refractivity contribution in [3.05, 3.63) is 102 Å². The van der Waals surface area contributed by atoms with Crippen LogP contribution in [-0.4, -0.2) is 85.3 Å². The highest BCUT2D eigenvalue weighted by molar-refractivity contribution is 5.97. The molecule has 1 aliphatic rings. The van der Waals surface area contributed by atoms with Crippen molar-refractivity contribution in [1.82, 2.24) is 20.0 Å². The first-order valence-electron chi connectivity index (χ1n) is 14.4. The van der Waals surface area contributed by atoms with Gasteiger partial charge in [0.2, 0.25) is 5.91 Å². The molecule has 4 aromatic rings. The average Bonchev–Trinajstić information content (AvgIpc) is 3.06. The van der Waals surface area contributed by atoms with Crippen LogP contribution in [-0.2, 0) is 11.2 Å². The van der Waals surface area contributed by atoms with E-state index < -0.39 is 0 Å². The van der Waals surface area contributed by atoms with E-state index in [1.54, 1.807) is 19.1 Å². The van der Waals surface area contributed by atoms with Crippen LogP contribution < -0.4 is 14.4 Å². The minimum absolute atomic E-state index is 0.0399. The summed E-state index contributed by atoms with van der Waals surface area (Å²) >= 11 is 0. The average molecular weight is 580 g/mol. The zero-order valence-corrected chi connectivity index (χ0v) is 24.9. The maximum Gasteiger partial charge on any atom is 0.254 e. The van der Waals surface area contributed by atoms with E-state index in [0.29, 0.717) is 61.9 Å². The van der Waals surface area contributed by atoms with Gasteiger partial charge in [-0.15, -0.1) is 10.2 Å². The lowest BCUT2D eigenvalue weighted by Crippen LogP contribution is -2.52. The number of ether oxygens (including phenoxy) is 2. The molecule has 0 bridgehead atoms. The normalized spacial score (nSPS) is 13.0. The first-order chi connectivity index (χ1) is 21.0. The quantitative estimate of drug-likeness (QED) is 0.273. The smallest absolute Gasteiger partial charge is 0.254 e. The number of piperazine rings is 1. The number of aromatic nitrogens is 2. The number of benzene rings is 3. The van der Waals surface area contributed by atoms with Crippen molar-refractivity contribution in [1.29, 1.82) is 0 Å². The second-order valence-corrected chi connectivity index (χ2v) is 10.5. The summed E-state index contributed by atoms with van der Waals surface area (Å²) in [5, 5.41) is 8.91. The molecule has 1 aliphatic heterocycles.